The van der Waals surface area contributed by atoms with Crippen LogP contribution >= 0.6 is 0 Å². The van der Waals surface area contributed by atoms with Gasteiger partial charge in [-0.1, -0.05) is 36.4 Å². The van der Waals surface area contributed by atoms with Crippen molar-refractivity contribution < 1.29 is 22.5 Å². The van der Waals surface area contributed by atoms with E-state index in [2.05, 4.69) is 0 Å². The molecule has 19 heavy (non-hydrogen) atoms. The molecule has 0 amide bonds. The van der Waals surface area contributed by atoms with Gasteiger partial charge in [0, 0.05) is 6.42 Å². The van der Waals surface area contributed by atoms with Crippen LogP contribution in [0.1, 0.15) is 16.8 Å². The molecule has 0 saturated heterocycles. The van der Waals surface area contributed by atoms with Crippen LogP contribution in [-0.4, -0.2) is 23.9 Å². The molecule has 1 aliphatic carbocycles. The summed E-state index contributed by atoms with van der Waals surface area (Å²) in [6.07, 6.45) is 5.56. The van der Waals surface area contributed by atoms with Crippen molar-refractivity contribution in [3.05, 3.63) is 60.2 Å². The maximum absolute atomic E-state index is 11.9. The number of esters is 1. The second-order valence-corrected chi connectivity index (χ2v) is 5.68. The number of benzene rings is 1. The SMILES string of the molecule is O=C(OC1(S(=O)(=O)O)C=CC=CC1)c1ccccc1. The topological polar surface area (TPSA) is 80.7 Å². The second kappa shape index (κ2) is 4.99. The molecule has 0 saturated carbocycles. The molecule has 1 aromatic carbocycles. The normalized spacial score (nSPS) is 22.2. The summed E-state index contributed by atoms with van der Waals surface area (Å²) in [7, 11) is -4.57. The second-order valence-electron chi connectivity index (χ2n) is 4.03. The fourth-order valence-corrected chi connectivity index (χ4v) is 2.43. The molecular formula is C13H12O5S. The Morgan fingerprint density at radius 2 is 1.89 bits per heavy atom. The summed E-state index contributed by atoms with van der Waals surface area (Å²) in [5, 5.41) is 0. The Hall–Kier alpha value is -1.92. The van der Waals surface area contributed by atoms with Crippen LogP contribution in [0.2, 0.25) is 0 Å². The molecule has 1 atom stereocenters. The summed E-state index contributed by atoms with van der Waals surface area (Å²) in [4.78, 5) is 9.86. The van der Waals surface area contributed by atoms with Gasteiger partial charge in [0.05, 0.1) is 5.56 Å². The van der Waals surface area contributed by atoms with E-state index in [9.17, 15) is 17.8 Å². The summed E-state index contributed by atoms with van der Waals surface area (Å²) in [5.41, 5.74) is 0.216. The first kappa shape index (κ1) is 13.5. The van der Waals surface area contributed by atoms with E-state index in [-0.39, 0.29) is 12.0 Å². The summed E-state index contributed by atoms with van der Waals surface area (Å²) in [6.45, 7) is 0. The van der Waals surface area contributed by atoms with E-state index >= 15 is 0 Å². The molecule has 0 fully saturated rings. The van der Waals surface area contributed by atoms with E-state index in [1.54, 1.807) is 24.3 Å². The predicted molar refractivity (Wildman–Crippen MR) is 69.0 cm³/mol. The van der Waals surface area contributed by atoms with Crippen molar-refractivity contribution in [3.8, 4) is 0 Å². The highest BCUT2D eigenvalue weighted by Crippen LogP contribution is 2.29. The Morgan fingerprint density at radius 1 is 1.21 bits per heavy atom. The van der Waals surface area contributed by atoms with Crippen molar-refractivity contribution in [2.75, 3.05) is 0 Å². The van der Waals surface area contributed by atoms with Crippen molar-refractivity contribution in [3.63, 3.8) is 0 Å². The zero-order valence-electron chi connectivity index (χ0n) is 9.89. The molecule has 0 radical (unpaired) electrons. The van der Waals surface area contributed by atoms with Crippen LogP contribution in [0.15, 0.2) is 54.6 Å². The first-order valence-electron chi connectivity index (χ1n) is 5.54. The smallest absolute Gasteiger partial charge is 0.340 e. The highest BCUT2D eigenvalue weighted by atomic mass is 32.2. The third-order valence-corrected chi connectivity index (χ3v) is 3.97. The molecule has 0 bridgehead atoms. The van der Waals surface area contributed by atoms with Gasteiger partial charge >= 0.3 is 16.1 Å². The molecule has 0 heterocycles. The number of rotatable bonds is 3. The van der Waals surface area contributed by atoms with Gasteiger partial charge in [-0.3, -0.25) is 4.55 Å². The van der Waals surface area contributed by atoms with E-state index in [1.807, 2.05) is 0 Å². The lowest BCUT2D eigenvalue weighted by atomic mass is 10.1. The molecule has 5 nitrogen and oxygen atoms in total. The highest BCUT2D eigenvalue weighted by Gasteiger charge is 2.44. The molecule has 6 heteroatoms. The zero-order chi connectivity index (χ0) is 13.9. The molecule has 0 aromatic heterocycles. The lowest BCUT2D eigenvalue weighted by molar-refractivity contribution is 0.0276. The molecule has 100 valence electrons. The van der Waals surface area contributed by atoms with Crippen molar-refractivity contribution in [2.45, 2.75) is 11.4 Å². The Labute approximate surface area is 111 Å². The van der Waals surface area contributed by atoms with Gasteiger partial charge in [0.1, 0.15) is 0 Å². The first-order chi connectivity index (χ1) is 8.95. The van der Waals surface area contributed by atoms with E-state index in [1.165, 1.54) is 24.3 Å². The molecule has 1 N–H and O–H groups in total. The quantitative estimate of drug-likeness (QED) is 0.676. The number of carbonyl (C=O) groups is 1. The van der Waals surface area contributed by atoms with Crippen LogP contribution in [0.5, 0.6) is 0 Å². The Kier molecular flexibility index (Phi) is 3.55. The lowest BCUT2D eigenvalue weighted by Crippen LogP contribution is -2.41. The van der Waals surface area contributed by atoms with Crippen LogP contribution in [0, 0.1) is 0 Å². The number of allylic oxidation sites excluding steroid dienone is 2. The monoisotopic (exact) mass is 280 g/mol. The van der Waals surface area contributed by atoms with E-state index < -0.39 is 21.0 Å². The molecule has 1 aliphatic rings. The van der Waals surface area contributed by atoms with Gasteiger partial charge < -0.3 is 4.74 Å². The lowest BCUT2D eigenvalue weighted by Gasteiger charge is -2.27. The number of hydrogen-bond acceptors (Lipinski definition) is 4. The minimum atomic E-state index is -4.57. The Morgan fingerprint density at radius 3 is 2.42 bits per heavy atom. The van der Waals surface area contributed by atoms with Gasteiger partial charge in [0.2, 0.25) is 0 Å². The van der Waals surface area contributed by atoms with Crippen molar-refractivity contribution >= 4 is 16.1 Å². The molecule has 0 aliphatic heterocycles. The van der Waals surface area contributed by atoms with Crippen molar-refractivity contribution in [1.82, 2.24) is 0 Å². The van der Waals surface area contributed by atoms with E-state index in [0.29, 0.717) is 0 Å². The number of hydrogen-bond donors (Lipinski definition) is 1. The number of ether oxygens (including phenoxy) is 1. The standard InChI is InChI=1S/C13H12O5S/c14-12(11-7-3-1-4-8-11)18-13(19(15,16)17)9-5-2-6-10-13/h1-9H,10H2,(H,15,16,17). The zero-order valence-corrected chi connectivity index (χ0v) is 10.7. The molecule has 2 rings (SSSR count). The Balaban J connectivity index is 2.31. The van der Waals surface area contributed by atoms with Crippen molar-refractivity contribution in [2.24, 2.45) is 0 Å². The third-order valence-electron chi connectivity index (χ3n) is 2.71. The predicted octanol–water partition coefficient (Wildman–Crippen LogP) is 1.94. The molecular weight excluding hydrogens is 268 g/mol. The van der Waals surface area contributed by atoms with Crippen LogP contribution in [-0.2, 0) is 14.9 Å². The van der Waals surface area contributed by atoms with Gasteiger partial charge in [-0.05, 0) is 18.2 Å². The fraction of sp³-hybridized carbons (Fsp3) is 0.154. The average molecular weight is 280 g/mol. The minimum absolute atomic E-state index is 0.124. The van der Waals surface area contributed by atoms with Gasteiger partial charge in [-0.15, -0.1) is 0 Å². The average Bonchev–Trinajstić information content (AvgIpc) is 2.39. The largest absolute Gasteiger partial charge is 0.432 e. The highest BCUT2D eigenvalue weighted by molar-refractivity contribution is 7.87. The van der Waals surface area contributed by atoms with Crippen LogP contribution in [0.4, 0.5) is 0 Å². The van der Waals surface area contributed by atoms with Crippen LogP contribution in [0.25, 0.3) is 0 Å². The Bertz CT molecular complexity index is 630. The molecule has 0 spiro atoms. The summed E-state index contributed by atoms with van der Waals surface area (Å²) in [5.74, 6) is -0.807. The maximum Gasteiger partial charge on any atom is 0.340 e. The van der Waals surface area contributed by atoms with Gasteiger partial charge in [0.25, 0.3) is 4.93 Å². The summed E-state index contributed by atoms with van der Waals surface area (Å²) in [6, 6.07) is 7.99. The molecule has 1 aromatic rings. The van der Waals surface area contributed by atoms with Gasteiger partial charge in [0.15, 0.2) is 0 Å². The van der Waals surface area contributed by atoms with E-state index in [4.69, 9.17) is 4.74 Å². The fourth-order valence-electron chi connectivity index (χ4n) is 1.69. The van der Waals surface area contributed by atoms with E-state index in [0.717, 1.165) is 6.08 Å². The van der Waals surface area contributed by atoms with Gasteiger partial charge in [-0.25, -0.2) is 4.79 Å². The van der Waals surface area contributed by atoms with Gasteiger partial charge in [-0.2, -0.15) is 8.42 Å². The van der Waals surface area contributed by atoms with Crippen molar-refractivity contribution in [1.29, 1.82) is 0 Å². The molecule has 1 unspecified atom stereocenters. The van der Waals surface area contributed by atoms with Crippen LogP contribution in [0.3, 0.4) is 0 Å². The van der Waals surface area contributed by atoms with Crippen LogP contribution < -0.4 is 0 Å². The first-order valence-corrected chi connectivity index (χ1v) is 6.98. The maximum atomic E-state index is 11.9. The number of carbonyl (C=O) groups excluding carboxylic acids is 1. The third kappa shape index (κ3) is 2.74. The summed E-state index contributed by atoms with van der Waals surface area (Å²) < 4.78 is 37.2. The minimum Gasteiger partial charge on any atom is -0.432 e. The summed E-state index contributed by atoms with van der Waals surface area (Å²) >= 11 is 0.